The normalized spacial score (nSPS) is 16.9. The first-order chi connectivity index (χ1) is 21.8. The van der Waals surface area contributed by atoms with E-state index in [-0.39, 0.29) is 35.4 Å². The second-order valence-electron chi connectivity index (χ2n) is 11.2. The van der Waals surface area contributed by atoms with Crippen LogP contribution in [-0.4, -0.2) is 37.5 Å². The van der Waals surface area contributed by atoms with E-state index in [0.717, 1.165) is 11.1 Å². The molecule has 2 amide bonds. The lowest BCUT2D eigenvalue weighted by atomic mass is 9.83. The smallest absolute Gasteiger partial charge is 0.291 e. The minimum atomic E-state index is -1.82. The number of rotatable bonds is 7. The van der Waals surface area contributed by atoms with Crippen molar-refractivity contribution in [2.75, 3.05) is 25.7 Å². The number of carbonyl (C=O) groups is 2. The minimum Gasteiger partial charge on any atom is -0.493 e. The van der Waals surface area contributed by atoms with Crippen molar-refractivity contribution in [3.8, 4) is 11.5 Å². The van der Waals surface area contributed by atoms with Gasteiger partial charge in [-0.3, -0.25) is 14.4 Å². The molecule has 45 heavy (non-hydrogen) atoms. The van der Waals surface area contributed by atoms with Gasteiger partial charge in [0, 0.05) is 17.7 Å². The number of benzene rings is 4. The van der Waals surface area contributed by atoms with Crippen LogP contribution in [0.4, 0.5) is 10.1 Å². The molecule has 2 aliphatic heterocycles. The first-order valence-corrected chi connectivity index (χ1v) is 14.5. The lowest BCUT2D eigenvalue weighted by molar-refractivity contribution is -0.126. The van der Waals surface area contributed by atoms with Gasteiger partial charge in [-0.05, 0) is 55.3 Å². The number of fused-ring (bicyclic) bond motifs is 5. The lowest BCUT2D eigenvalue weighted by Crippen LogP contribution is -2.53. The van der Waals surface area contributed by atoms with Crippen molar-refractivity contribution < 1.29 is 27.9 Å². The van der Waals surface area contributed by atoms with Crippen LogP contribution in [0.3, 0.4) is 0 Å². The van der Waals surface area contributed by atoms with Crippen LogP contribution in [0.25, 0.3) is 11.0 Å². The molecular weight excluding hydrogens is 575 g/mol. The van der Waals surface area contributed by atoms with Crippen molar-refractivity contribution in [1.29, 1.82) is 0 Å². The summed E-state index contributed by atoms with van der Waals surface area (Å²) < 4.78 is 31.9. The van der Waals surface area contributed by atoms with E-state index in [9.17, 15) is 18.8 Å². The predicted molar refractivity (Wildman–Crippen MR) is 166 cm³/mol. The number of para-hydroxylation sites is 1. The SMILES string of the molecule is COc1ccc(CCN2C(=O)c3oc4ccc(C)cc4c(=O)c3[C@@]23C(=O)N(Cc2ccccc2F)c2ccccc23)cc1OC. The number of aryl methyl sites for hydroxylation is 1. The molecule has 7 rings (SSSR count). The molecule has 0 unspecified atom stereocenters. The fourth-order valence-corrected chi connectivity index (χ4v) is 6.64. The fourth-order valence-electron chi connectivity index (χ4n) is 6.64. The van der Waals surface area contributed by atoms with E-state index in [4.69, 9.17) is 13.9 Å². The summed E-state index contributed by atoms with van der Waals surface area (Å²) in [7, 11) is 3.09. The van der Waals surface area contributed by atoms with Gasteiger partial charge in [0.05, 0.1) is 37.4 Å². The third kappa shape index (κ3) is 4.14. The quantitative estimate of drug-likeness (QED) is 0.235. The van der Waals surface area contributed by atoms with Crippen LogP contribution in [0.2, 0.25) is 0 Å². The Morgan fingerprint density at radius 2 is 1.62 bits per heavy atom. The van der Waals surface area contributed by atoms with Crippen molar-refractivity contribution in [3.63, 3.8) is 0 Å². The van der Waals surface area contributed by atoms with Gasteiger partial charge in [0.1, 0.15) is 11.4 Å². The van der Waals surface area contributed by atoms with Crippen LogP contribution in [0.1, 0.15) is 38.4 Å². The highest BCUT2D eigenvalue weighted by Crippen LogP contribution is 2.53. The maximum Gasteiger partial charge on any atom is 0.291 e. The van der Waals surface area contributed by atoms with E-state index in [1.807, 2.05) is 19.1 Å². The Hall–Kier alpha value is -5.44. The largest absolute Gasteiger partial charge is 0.493 e. The van der Waals surface area contributed by atoms with Crippen LogP contribution in [0.5, 0.6) is 11.5 Å². The van der Waals surface area contributed by atoms with E-state index < -0.39 is 28.6 Å². The predicted octanol–water partition coefficient (Wildman–Crippen LogP) is 5.75. The number of anilines is 1. The number of nitrogens with zero attached hydrogens (tertiary/aromatic N) is 2. The number of methoxy groups -OCH3 is 2. The van der Waals surface area contributed by atoms with Crippen LogP contribution in [0, 0.1) is 12.7 Å². The van der Waals surface area contributed by atoms with E-state index in [2.05, 4.69) is 0 Å². The number of hydrogen-bond acceptors (Lipinski definition) is 6. The maximum absolute atomic E-state index is 15.0. The zero-order valence-corrected chi connectivity index (χ0v) is 24.9. The number of halogens is 1. The van der Waals surface area contributed by atoms with Gasteiger partial charge < -0.3 is 23.7 Å². The Balaban J connectivity index is 1.43. The molecule has 1 spiro atoms. The Morgan fingerprint density at radius 1 is 0.867 bits per heavy atom. The molecule has 0 saturated carbocycles. The summed E-state index contributed by atoms with van der Waals surface area (Å²) in [4.78, 5) is 46.6. The first-order valence-electron chi connectivity index (χ1n) is 14.5. The van der Waals surface area contributed by atoms with Crippen LogP contribution in [-0.2, 0) is 23.3 Å². The number of amides is 2. The molecule has 0 fully saturated rings. The molecule has 1 aromatic heterocycles. The minimum absolute atomic E-state index is 0.0219. The molecule has 3 heterocycles. The molecule has 9 heteroatoms. The Kier molecular flexibility index (Phi) is 6.69. The third-order valence-electron chi connectivity index (χ3n) is 8.75. The summed E-state index contributed by atoms with van der Waals surface area (Å²) in [5.41, 5.74) is 0.891. The molecule has 226 valence electrons. The average Bonchev–Trinajstić information content (AvgIpc) is 3.44. The standard InChI is InChI=1S/C36H29FN2O6/c1-21-12-14-28-24(18-21)32(40)31-33(45-28)34(41)39(17-16-22-13-15-29(43-2)30(19-22)44-3)36(31)25-9-5-7-11-27(25)38(35(36)42)20-23-8-4-6-10-26(23)37/h4-15,18-19H,16-17,20H2,1-3H3/t36-/m0/s1. The zero-order chi connectivity index (χ0) is 31.5. The van der Waals surface area contributed by atoms with Gasteiger partial charge in [-0.2, -0.15) is 0 Å². The molecule has 4 aromatic carbocycles. The number of hydrogen-bond donors (Lipinski definition) is 0. The molecule has 8 nitrogen and oxygen atoms in total. The van der Waals surface area contributed by atoms with Gasteiger partial charge in [0.2, 0.25) is 5.76 Å². The van der Waals surface area contributed by atoms with E-state index in [1.54, 1.807) is 80.9 Å². The summed E-state index contributed by atoms with van der Waals surface area (Å²) in [6.07, 6.45) is 0.331. The fraction of sp³-hybridized carbons (Fsp3) is 0.194. The van der Waals surface area contributed by atoms with Gasteiger partial charge in [-0.15, -0.1) is 0 Å². The summed E-state index contributed by atoms with van der Waals surface area (Å²) in [5.74, 6) is -0.635. The van der Waals surface area contributed by atoms with Crippen molar-refractivity contribution in [2.45, 2.75) is 25.4 Å². The Labute approximate surface area is 258 Å². The van der Waals surface area contributed by atoms with Crippen molar-refractivity contribution in [2.24, 2.45) is 0 Å². The second-order valence-corrected chi connectivity index (χ2v) is 11.2. The highest BCUT2D eigenvalue weighted by Gasteiger charge is 2.64. The molecule has 0 bridgehead atoms. The first kappa shape index (κ1) is 28.3. The summed E-state index contributed by atoms with van der Waals surface area (Å²) in [6, 6.07) is 23.9. The molecule has 0 aliphatic carbocycles. The summed E-state index contributed by atoms with van der Waals surface area (Å²) >= 11 is 0. The molecule has 0 radical (unpaired) electrons. The van der Waals surface area contributed by atoms with Gasteiger partial charge in [0.15, 0.2) is 22.5 Å². The molecular formula is C36H29FN2O6. The van der Waals surface area contributed by atoms with Crippen LogP contribution >= 0.6 is 0 Å². The molecule has 2 aliphatic rings. The Morgan fingerprint density at radius 3 is 2.40 bits per heavy atom. The molecule has 1 atom stereocenters. The van der Waals surface area contributed by atoms with Gasteiger partial charge in [-0.1, -0.05) is 54.1 Å². The number of ether oxygens (including phenoxy) is 2. The van der Waals surface area contributed by atoms with E-state index in [1.165, 1.54) is 15.9 Å². The van der Waals surface area contributed by atoms with Crippen LogP contribution < -0.4 is 19.8 Å². The summed E-state index contributed by atoms with van der Waals surface area (Å²) in [6.45, 7) is 1.84. The van der Waals surface area contributed by atoms with Gasteiger partial charge in [-0.25, -0.2) is 4.39 Å². The number of carbonyl (C=O) groups excluding carboxylic acids is 2. The highest BCUT2D eigenvalue weighted by molar-refractivity contribution is 6.17. The van der Waals surface area contributed by atoms with Gasteiger partial charge in [0.25, 0.3) is 11.8 Å². The van der Waals surface area contributed by atoms with E-state index >= 15 is 0 Å². The third-order valence-corrected chi connectivity index (χ3v) is 8.75. The summed E-state index contributed by atoms with van der Waals surface area (Å²) in [5, 5.41) is 0.278. The second kappa shape index (κ2) is 10.6. The van der Waals surface area contributed by atoms with Crippen molar-refractivity contribution in [3.05, 3.63) is 135 Å². The molecule has 0 saturated heterocycles. The van der Waals surface area contributed by atoms with Crippen LogP contribution in [0.15, 0.2) is 94.1 Å². The average molecular weight is 605 g/mol. The molecule has 0 N–H and O–H groups in total. The van der Waals surface area contributed by atoms with Crippen molar-refractivity contribution >= 4 is 28.5 Å². The van der Waals surface area contributed by atoms with Gasteiger partial charge >= 0.3 is 0 Å². The monoisotopic (exact) mass is 604 g/mol. The maximum atomic E-state index is 15.0. The lowest BCUT2D eigenvalue weighted by Gasteiger charge is -2.34. The zero-order valence-electron chi connectivity index (χ0n) is 24.9. The molecule has 5 aromatic rings. The topological polar surface area (TPSA) is 89.3 Å². The Bertz CT molecular complexity index is 2090. The van der Waals surface area contributed by atoms with Crippen molar-refractivity contribution in [1.82, 2.24) is 4.90 Å². The van der Waals surface area contributed by atoms with E-state index in [0.29, 0.717) is 34.7 Å². The highest BCUT2D eigenvalue weighted by atomic mass is 19.1.